The predicted octanol–water partition coefficient (Wildman–Crippen LogP) is 3.01. The van der Waals surface area contributed by atoms with Crippen molar-refractivity contribution in [1.29, 1.82) is 0 Å². The summed E-state index contributed by atoms with van der Waals surface area (Å²) in [5.41, 5.74) is 1.08. The molecule has 1 atom stereocenters. The Hall–Kier alpha value is -1.07. The first-order chi connectivity index (χ1) is 9.08. The molecule has 1 heterocycles. The Morgan fingerprint density at radius 1 is 1.58 bits per heavy atom. The Kier molecular flexibility index (Phi) is 4.82. The van der Waals surface area contributed by atoms with Crippen molar-refractivity contribution in [3.8, 4) is 0 Å². The molecule has 19 heavy (non-hydrogen) atoms. The van der Waals surface area contributed by atoms with Crippen molar-refractivity contribution in [2.45, 2.75) is 12.8 Å². The number of nitrogens with zero attached hydrogens (tertiary/aromatic N) is 1. The Morgan fingerprint density at radius 2 is 2.37 bits per heavy atom. The van der Waals surface area contributed by atoms with Gasteiger partial charge in [0.1, 0.15) is 0 Å². The van der Waals surface area contributed by atoms with E-state index in [-0.39, 0.29) is 0 Å². The van der Waals surface area contributed by atoms with E-state index in [0.29, 0.717) is 11.5 Å². The summed E-state index contributed by atoms with van der Waals surface area (Å²) in [7, 11) is 1.93. The zero-order chi connectivity index (χ0) is 13.8. The number of aromatic carboxylic acids is 1. The summed E-state index contributed by atoms with van der Waals surface area (Å²) in [6, 6.07) is 5.24. The lowest BCUT2D eigenvalue weighted by Gasteiger charge is -2.29. The van der Waals surface area contributed by atoms with Crippen LogP contribution in [0.2, 0.25) is 0 Å². The lowest BCUT2D eigenvalue weighted by molar-refractivity contribution is 0.0576. The van der Waals surface area contributed by atoms with Crippen molar-refractivity contribution >= 4 is 27.6 Å². The highest BCUT2D eigenvalue weighted by atomic mass is 79.9. The molecule has 0 saturated carbocycles. The van der Waals surface area contributed by atoms with Crippen LogP contribution in [-0.2, 0) is 4.74 Å². The fraction of sp³-hybridized carbons (Fsp3) is 0.500. The van der Waals surface area contributed by atoms with E-state index in [4.69, 9.17) is 4.74 Å². The predicted molar refractivity (Wildman–Crippen MR) is 77.9 cm³/mol. The zero-order valence-electron chi connectivity index (χ0n) is 10.9. The van der Waals surface area contributed by atoms with Crippen molar-refractivity contribution in [2.24, 2.45) is 5.92 Å². The Morgan fingerprint density at radius 3 is 3.00 bits per heavy atom. The first-order valence-corrected chi connectivity index (χ1v) is 7.19. The van der Waals surface area contributed by atoms with Crippen LogP contribution >= 0.6 is 15.9 Å². The van der Waals surface area contributed by atoms with Gasteiger partial charge >= 0.3 is 5.97 Å². The maximum Gasteiger partial charge on any atom is 0.337 e. The van der Waals surface area contributed by atoms with Crippen molar-refractivity contribution in [3.05, 3.63) is 28.2 Å². The van der Waals surface area contributed by atoms with E-state index in [1.807, 2.05) is 18.0 Å². The largest absolute Gasteiger partial charge is 0.478 e. The highest BCUT2D eigenvalue weighted by molar-refractivity contribution is 9.10. The number of ether oxygens (including phenoxy) is 1. The zero-order valence-corrected chi connectivity index (χ0v) is 12.5. The van der Waals surface area contributed by atoms with Crippen molar-refractivity contribution in [2.75, 3.05) is 31.7 Å². The van der Waals surface area contributed by atoms with Crippen molar-refractivity contribution in [3.63, 3.8) is 0 Å². The number of hydrogen-bond donors (Lipinski definition) is 1. The van der Waals surface area contributed by atoms with Crippen molar-refractivity contribution < 1.29 is 14.6 Å². The summed E-state index contributed by atoms with van der Waals surface area (Å²) in [4.78, 5) is 13.3. The van der Waals surface area contributed by atoms with Gasteiger partial charge in [0.2, 0.25) is 0 Å². The molecule has 5 heteroatoms. The lowest BCUT2D eigenvalue weighted by atomic mass is 10.0. The lowest BCUT2D eigenvalue weighted by Crippen LogP contribution is -2.31. The SMILES string of the molecule is CN(CC1CCCOC1)c1cc(Br)ccc1C(=O)O. The number of halogens is 1. The molecule has 1 aromatic rings. The van der Waals surface area contributed by atoms with E-state index in [1.54, 1.807) is 12.1 Å². The molecular weight excluding hydrogens is 310 g/mol. The Labute approximate surface area is 121 Å². The summed E-state index contributed by atoms with van der Waals surface area (Å²) in [6.07, 6.45) is 2.23. The molecule has 0 aliphatic carbocycles. The molecule has 1 aliphatic heterocycles. The van der Waals surface area contributed by atoms with Gasteiger partial charge in [0.05, 0.1) is 17.9 Å². The first kappa shape index (κ1) is 14.3. The molecule has 104 valence electrons. The molecule has 0 radical (unpaired) electrons. The van der Waals surface area contributed by atoms with E-state index in [0.717, 1.165) is 42.8 Å². The van der Waals surface area contributed by atoms with E-state index in [2.05, 4.69) is 15.9 Å². The topological polar surface area (TPSA) is 49.8 Å². The quantitative estimate of drug-likeness (QED) is 0.923. The van der Waals surface area contributed by atoms with Crippen LogP contribution in [0.4, 0.5) is 5.69 Å². The Bertz CT molecular complexity index is 458. The molecule has 1 fully saturated rings. The molecule has 1 aromatic carbocycles. The van der Waals surface area contributed by atoms with Gasteiger partial charge in [0.25, 0.3) is 0 Å². The Balaban J connectivity index is 2.14. The molecule has 0 amide bonds. The van der Waals surface area contributed by atoms with Crippen LogP contribution in [0.1, 0.15) is 23.2 Å². The fourth-order valence-corrected chi connectivity index (χ4v) is 2.79. The van der Waals surface area contributed by atoms with Gasteiger partial charge in [-0.25, -0.2) is 4.79 Å². The van der Waals surface area contributed by atoms with Crippen LogP contribution in [0.15, 0.2) is 22.7 Å². The molecule has 2 rings (SSSR count). The third kappa shape index (κ3) is 3.70. The van der Waals surface area contributed by atoms with Gasteiger partial charge in [0.15, 0.2) is 0 Å². The van der Waals surface area contributed by atoms with Crippen LogP contribution < -0.4 is 4.90 Å². The second-order valence-electron chi connectivity index (χ2n) is 4.93. The number of benzene rings is 1. The van der Waals surface area contributed by atoms with E-state index in [9.17, 15) is 9.90 Å². The second-order valence-corrected chi connectivity index (χ2v) is 5.85. The monoisotopic (exact) mass is 327 g/mol. The van der Waals surface area contributed by atoms with Gasteiger partial charge < -0.3 is 14.7 Å². The number of rotatable bonds is 4. The molecule has 0 spiro atoms. The smallest absolute Gasteiger partial charge is 0.337 e. The molecule has 1 N–H and O–H groups in total. The van der Waals surface area contributed by atoms with Gasteiger partial charge in [-0.15, -0.1) is 0 Å². The second kappa shape index (κ2) is 6.39. The minimum atomic E-state index is -0.894. The summed E-state index contributed by atoms with van der Waals surface area (Å²) < 4.78 is 6.36. The van der Waals surface area contributed by atoms with Gasteiger partial charge in [0, 0.05) is 24.7 Å². The highest BCUT2D eigenvalue weighted by Crippen LogP contribution is 2.26. The third-order valence-corrected chi connectivity index (χ3v) is 3.88. The van der Waals surface area contributed by atoms with Gasteiger partial charge in [-0.1, -0.05) is 15.9 Å². The number of carboxylic acids is 1. The number of anilines is 1. The molecule has 4 nitrogen and oxygen atoms in total. The molecule has 0 aromatic heterocycles. The van der Waals surface area contributed by atoms with Crippen LogP contribution in [0.3, 0.4) is 0 Å². The maximum atomic E-state index is 11.3. The summed E-state index contributed by atoms with van der Waals surface area (Å²) >= 11 is 3.39. The molecule has 1 aliphatic rings. The molecular formula is C14H18BrNO3. The summed E-state index contributed by atoms with van der Waals surface area (Å²) in [6.45, 7) is 2.43. The first-order valence-electron chi connectivity index (χ1n) is 6.39. The number of hydrogen-bond acceptors (Lipinski definition) is 3. The number of carbonyl (C=O) groups is 1. The van der Waals surface area contributed by atoms with Gasteiger partial charge in [-0.2, -0.15) is 0 Å². The third-order valence-electron chi connectivity index (χ3n) is 3.39. The molecule has 0 bridgehead atoms. The van der Waals surface area contributed by atoms with Gasteiger partial charge in [-0.3, -0.25) is 0 Å². The molecule has 1 saturated heterocycles. The standard InChI is InChI=1S/C14H18BrNO3/c1-16(8-10-3-2-6-19-9-10)13-7-11(15)4-5-12(13)14(17)18/h4-5,7,10H,2-3,6,8-9H2,1H3,(H,17,18). The van der Waals surface area contributed by atoms with Crippen LogP contribution in [0, 0.1) is 5.92 Å². The van der Waals surface area contributed by atoms with E-state index < -0.39 is 5.97 Å². The average molecular weight is 328 g/mol. The van der Waals surface area contributed by atoms with Crippen LogP contribution in [0.25, 0.3) is 0 Å². The number of carboxylic acid groups (broad SMARTS) is 1. The van der Waals surface area contributed by atoms with E-state index in [1.165, 1.54) is 0 Å². The van der Waals surface area contributed by atoms with Crippen LogP contribution in [0.5, 0.6) is 0 Å². The summed E-state index contributed by atoms with van der Waals surface area (Å²) in [5, 5.41) is 9.24. The average Bonchev–Trinajstić information content (AvgIpc) is 2.39. The van der Waals surface area contributed by atoms with Gasteiger partial charge in [-0.05, 0) is 37.0 Å². The van der Waals surface area contributed by atoms with Crippen LogP contribution in [-0.4, -0.2) is 37.9 Å². The minimum Gasteiger partial charge on any atom is -0.478 e. The maximum absolute atomic E-state index is 11.3. The van der Waals surface area contributed by atoms with E-state index >= 15 is 0 Å². The fourth-order valence-electron chi connectivity index (χ4n) is 2.44. The molecule has 1 unspecified atom stereocenters. The van der Waals surface area contributed by atoms with Crippen molar-refractivity contribution in [1.82, 2.24) is 0 Å². The summed E-state index contributed by atoms with van der Waals surface area (Å²) in [5.74, 6) is -0.423. The highest BCUT2D eigenvalue weighted by Gasteiger charge is 2.19. The minimum absolute atomic E-state index is 0.336. The normalized spacial score (nSPS) is 19.2.